The van der Waals surface area contributed by atoms with Crippen LogP contribution in [0.3, 0.4) is 0 Å². The highest BCUT2D eigenvalue weighted by atomic mass is 35.5. The van der Waals surface area contributed by atoms with Gasteiger partial charge in [-0.05, 0) is 24.1 Å². The van der Waals surface area contributed by atoms with Crippen LogP contribution >= 0.6 is 11.6 Å². The van der Waals surface area contributed by atoms with E-state index in [-0.39, 0.29) is 6.79 Å². The second-order valence-corrected chi connectivity index (χ2v) is 4.68. The molecule has 0 N–H and O–H groups in total. The fourth-order valence-electron chi connectivity index (χ4n) is 1.98. The zero-order valence-corrected chi connectivity index (χ0v) is 11.3. The average molecular weight is 277 g/mol. The minimum Gasteiger partial charge on any atom is -0.454 e. The van der Waals surface area contributed by atoms with Gasteiger partial charge < -0.3 is 9.47 Å². The molecule has 0 aliphatic carbocycles. The van der Waals surface area contributed by atoms with Crippen molar-refractivity contribution in [2.45, 2.75) is 19.8 Å². The summed E-state index contributed by atoms with van der Waals surface area (Å²) in [4.78, 5) is 8.65. The van der Waals surface area contributed by atoms with Gasteiger partial charge in [0.2, 0.25) is 6.79 Å². The minimum atomic E-state index is 0.284. The van der Waals surface area contributed by atoms with Crippen LogP contribution in [-0.4, -0.2) is 16.8 Å². The molecule has 0 amide bonds. The number of hydrogen-bond acceptors (Lipinski definition) is 4. The van der Waals surface area contributed by atoms with E-state index in [2.05, 4.69) is 9.97 Å². The standard InChI is InChI=1S/C14H13ClN2O2/c1-2-10-7-16-13(17-14(10)15)6-9-3-4-11-12(5-9)19-8-18-11/h3-5,7H,2,6,8H2,1H3. The van der Waals surface area contributed by atoms with E-state index in [0.29, 0.717) is 17.4 Å². The van der Waals surface area contributed by atoms with Gasteiger partial charge in [-0.3, -0.25) is 0 Å². The predicted octanol–water partition coefficient (Wildman–Crippen LogP) is 3.01. The lowest BCUT2D eigenvalue weighted by Crippen LogP contribution is -1.99. The normalized spacial score (nSPS) is 12.7. The first-order chi connectivity index (χ1) is 9.26. The molecule has 1 aromatic carbocycles. The van der Waals surface area contributed by atoms with Crippen molar-refractivity contribution in [1.29, 1.82) is 0 Å². The zero-order valence-electron chi connectivity index (χ0n) is 10.5. The molecule has 0 atom stereocenters. The molecule has 0 unspecified atom stereocenters. The van der Waals surface area contributed by atoms with Crippen molar-refractivity contribution in [3.8, 4) is 11.5 Å². The molecule has 1 aromatic heterocycles. The second kappa shape index (κ2) is 5.05. The molecular weight excluding hydrogens is 264 g/mol. The Hall–Kier alpha value is -1.81. The number of nitrogens with zero attached hydrogens (tertiary/aromatic N) is 2. The van der Waals surface area contributed by atoms with E-state index in [1.807, 2.05) is 25.1 Å². The molecule has 0 fully saturated rings. The molecule has 1 aliphatic heterocycles. The van der Waals surface area contributed by atoms with Gasteiger partial charge in [0.15, 0.2) is 11.5 Å². The first-order valence-electron chi connectivity index (χ1n) is 6.15. The molecule has 98 valence electrons. The summed E-state index contributed by atoms with van der Waals surface area (Å²) in [5.41, 5.74) is 2.04. The van der Waals surface area contributed by atoms with E-state index in [0.717, 1.165) is 29.0 Å². The highest BCUT2D eigenvalue weighted by Crippen LogP contribution is 2.32. The van der Waals surface area contributed by atoms with E-state index < -0.39 is 0 Å². The molecule has 0 bridgehead atoms. The van der Waals surface area contributed by atoms with E-state index in [1.165, 1.54) is 0 Å². The Morgan fingerprint density at radius 3 is 2.89 bits per heavy atom. The first-order valence-corrected chi connectivity index (χ1v) is 6.53. The van der Waals surface area contributed by atoms with Gasteiger partial charge in [-0.25, -0.2) is 9.97 Å². The lowest BCUT2D eigenvalue weighted by atomic mass is 10.1. The summed E-state index contributed by atoms with van der Waals surface area (Å²) in [6.45, 7) is 2.31. The summed E-state index contributed by atoms with van der Waals surface area (Å²) in [5, 5.41) is 0.535. The maximum Gasteiger partial charge on any atom is 0.231 e. The van der Waals surface area contributed by atoms with Crippen LogP contribution in [0.2, 0.25) is 5.15 Å². The summed E-state index contributed by atoms with van der Waals surface area (Å²) in [6.07, 6.45) is 3.25. The largest absolute Gasteiger partial charge is 0.454 e. The lowest BCUT2D eigenvalue weighted by molar-refractivity contribution is 0.174. The molecular formula is C14H13ClN2O2. The molecule has 0 radical (unpaired) electrons. The van der Waals surface area contributed by atoms with Gasteiger partial charge in [0.1, 0.15) is 11.0 Å². The fraction of sp³-hybridized carbons (Fsp3) is 0.286. The number of fused-ring (bicyclic) bond motifs is 1. The third-order valence-corrected chi connectivity index (χ3v) is 3.37. The van der Waals surface area contributed by atoms with Crippen LogP contribution < -0.4 is 9.47 Å². The van der Waals surface area contributed by atoms with Gasteiger partial charge in [-0.15, -0.1) is 0 Å². The Labute approximate surface area is 116 Å². The van der Waals surface area contributed by atoms with E-state index in [9.17, 15) is 0 Å². The molecule has 19 heavy (non-hydrogen) atoms. The fourth-order valence-corrected chi connectivity index (χ4v) is 2.26. The summed E-state index contributed by atoms with van der Waals surface area (Å²) in [5.74, 6) is 2.26. The van der Waals surface area contributed by atoms with Crippen LogP contribution in [0.4, 0.5) is 0 Å². The molecule has 2 aromatic rings. The van der Waals surface area contributed by atoms with Gasteiger partial charge in [0.05, 0.1) is 0 Å². The van der Waals surface area contributed by atoms with Crippen molar-refractivity contribution in [2.75, 3.05) is 6.79 Å². The zero-order chi connectivity index (χ0) is 13.2. The number of aromatic nitrogens is 2. The van der Waals surface area contributed by atoms with Gasteiger partial charge in [0.25, 0.3) is 0 Å². The monoisotopic (exact) mass is 276 g/mol. The second-order valence-electron chi connectivity index (χ2n) is 4.32. The number of halogens is 1. The van der Waals surface area contributed by atoms with E-state index in [1.54, 1.807) is 6.20 Å². The van der Waals surface area contributed by atoms with Crippen LogP contribution in [0.1, 0.15) is 23.9 Å². The van der Waals surface area contributed by atoms with Crippen LogP contribution in [0.25, 0.3) is 0 Å². The molecule has 4 nitrogen and oxygen atoms in total. The van der Waals surface area contributed by atoms with Crippen LogP contribution in [0, 0.1) is 0 Å². The molecule has 5 heteroatoms. The Morgan fingerprint density at radius 1 is 1.26 bits per heavy atom. The van der Waals surface area contributed by atoms with Crippen molar-refractivity contribution in [1.82, 2.24) is 9.97 Å². The highest BCUT2D eigenvalue weighted by molar-refractivity contribution is 6.30. The third-order valence-electron chi connectivity index (χ3n) is 3.04. The van der Waals surface area contributed by atoms with Crippen LogP contribution in [0.15, 0.2) is 24.4 Å². The summed E-state index contributed by atoms with van der Waals surface area (Å²) < 4.78 is 10.6. The summed E-state index contributed by atoms with van der Waals surface area (Å²) in [6, 6.07) is 5.84. The lowest BCUT2D eigenvalue weighted by Gasteiger charge is -2.05. The van der Waals surface area contributed by atoms with Gasteiger partial charge in [0, 0.05) is 18.2 Å². The summed E-state index contributed by atoms with van der Waals surface area (Å²) in [7, 11) is 0. The molecule has 0 saturated heterocycles. The molecule has 0 saturated carbocycles. The minimum absolute atomic E-state index is 0.284. The number of ether oxygens (including phenoxy) is 2. The van der Waals surface area contributed by atoms with Gasteiger partial charge >= 0.3 is 0 Å². The number of hydrogen-bond donors (Lipinski definition) is 0. The first kappa shape index (κ1) is 12.2. The SMILES string of the molecule is CCc1cnc(Cc2ccc3c(c2)OCO3)nc1Cl. The highest BCUT2D eigenvalue weighted by Gasteiger charge is 2.14. The quantitative estimate of drug-likeness (QED) is 0.809. The van der Waals surface area contributed by atoms with E-state index in [4.69, 9.17) is 21.1 Å². The molecule has 1 aliphatic rings. The Balaban J connectivity index is 1.83. The molecule has 0 spiro atoms. The molecule has 3 rings (SSSR count). The number of aryl methyl sites for hydroxylation is 1. The Kier molecular flexibility index (Phi) is 3.25. The Morgan fingerprint density at radius 2 is 2.11 bits per heavy atom. The van der Waals surface area contributed by atoms with Crippen LogP contribution in [-0.2, 0) is 12.8 Å². The van der Waals surface area contributed by atoms with Crippen molar-refractivity contribution < 1.29 is 9.47 Å². The van der Waals surface area contributed by atoms with Crippen molar-refractivity contribution in [3.05, 3.63) is 46.5 Å². The van der Waals surface area contributed by atoms with E-state index >= 15 is 0 Å². The van der Waals surface area contributed by atoms with Crippen molar-refractivity contribution >= 4 is 11.6 Å². The van der Waals surface area contributed by atoms with Crippen molar-refractivity contribution in [3.63, 3.8) is 0 Å². The maximum absolute atomic E-state index is 6.09. The van der Waals surface area contributed by atoms with Gasteiger partial charge in [-0.2, -0.15) is 0 Å². The smallest absolute Gasteiger partial charge is 0.231 e. The topological polar surface area (TPSA) is 44.2 Å². The number of rotatable bonds is 3. The van der Waals surface area contributed by atoms with Gasteiger partial charge in [-0.1, -0.05) is 24.6 Å². The van der Waals surface area contributed by atoms with Crippen LogP contribution in [0.5, 0.6) is 11.5 Å². The predicted molar refractivity (Wildman–Crippen MR) is 71.8 cm³/mol. The summed E-state index contributed by atoms with van der Waals surface area (Å²) >= 11 is 6.09. The maximum atomic E-state index is 6.09. The number of benzene rings is 1. The molecule has 2 heterocycles. The third kappa shape index (κ3) is 2.49. The Bertz CT molecular complexity index is 616. The average Bonchev–Trinajstić information content (AvgIpc) is 2.86. The van der Waals surface area contributed by atoms with Crippen molar-refractivity contribution in [2.24, 2.45) is 0 Å².